The highest BCUT2D eigenvalue weighted by Crippen LogP contribution is 2.32. The van der Waals surface area contributed by atoms with Crippen molar-refractivity contribution in [1.29, 1.82) is 0 Å². The van der Waals surface area contributed by atoms with E-state index in [4.69, 9.17) is 9.47 Å². The predicted molar refractivity (Wildman–Crippen MR) is 141 cm³/mol. The first-order valence-electron chi connectivity index (χ1n) is 11.4. The third-order valence-corrected chi connectivity index (χ3v) is 5.33. The fourth-order valence-corrected chi connectivity index (χ4v) is 3.49. The van der Waals surface area contributed by atoms with Crippen LogP contribution in [0.2, 0.25) is 0 Å². The van der Waals surface area contributed by atoms with Crippen molar-refractivity contribution in [3.63, 3.8) is 0 Å². The van der Waals surface area contributed by atoms with Gasteiger partial charge in [0.1, 0.15) is 6.33 Å². The van der Waals surface area contributed by atoms with Crippen LogP contribution in [0, 0.1) is 10.1 Å². The zero-order chi connectivity index (χ0) is 26.0. The quantitative estimate of drug-likeness (QED) is 0.141. The summed E-state index contributed by atoms with van der Waals surface area (Å²) in [6, 6.07) is 22.0. The smallest absolute Gasteiger partial charge is 0.353 e. The first-order chi connectivity index (χ1) is 18.1. The van der Waals surface area contributed by atoms with Gasteiger partial charge in [-0.2, -0.15) is 10.2 Å². The van der Waals surface area contributed by atoms with Gasteiger partial charge in [0.05, 0.1) is 30.5 Å². The Kier molecular flexibility index (Phi) is 8.17. The van der Waals surface area contributed by atoms with Gasteiger partial charge in [-0.1, -0.05) is 24.3 Å². The molecule has 11 nitrogen and oxygen atoms in total. The molecule has 0 fully saturated rings. The average molecular weight is 500 g/mol. The molecule has 2 N–H and O–H groups in total. The number of nitrogens with one attached hydrogen (secondary N) is 2. The number of hydrogen-bond donors (Lipinski definition) is 2. The molecule has 0 radical (unpaired) electrons. The van der Waals surface area contributed by atoms with Gasteiger partial charge in [-0.3, -0.25) is 10.1 Å². The van der Waals surface area contributed by atoms with Crippen molar-refractivity contribution in [3.05, 3.63) is 94.8 Å². The summed E-state index contributed by atoms with van der Waals surface area (Å²) in [5, 5.41) is 26.3. The van der Waals surface area contributed by atoms with Gasteiger partial charge in [-0.15, -0.1) is 0 Å². The number of anilines is 3. The molecule has 11 heteroatoms. The van der Waals surface area contributed by atoms with Gasteiger partial charge in [0.2, 0.25) is 11.6 Å². The van der Waals surface area contributed by atoms with Crippen LogP contribution in [0.1, 0.15) is 5.56 Å². The highest BCUT2D eigenvalue weighted by Gasteiger charge is 2.23. The molecule has 4 aromatic rings. The first-order valence-corrected chi connectivity index (χ1v) is 11.4. The van der Waals surface area contributed by atoms with Crippen LogP contribution in [0.3, 0.4) is 0 Å². The third kappa shape index (κ3) is 6.54. The Hall–Kier alpha value is -5.06. The van der Waals surface area contributed by atoms with Gasteiger partial charge in [0.15, 0.2) is 11.5 Å². The van der Waals surface area contributed by atoms with Crippen LogP contribution in [0.25, 0.3) is 0 Å². The Balaban J connectivity index is 1.44. The van der Waals surface area contributed by atoms with Crippen LogP contribution in [0.4, 0.5) is 34.4 Å². The van der Waals surface area contributed by atoms with Crippen LogP contribution >= 0.6 is 0 Å². The van der Waals surface area contributed by atoms with E-state index in [-0.39, 0.29) is 17.3 Å². The number of methoxy groups -OCH3 is 2. The van der Waals surface area contributed by atoms with Crippen LogP contribution in [-0.4, -0.2) is 35.7 Å². The lowest BCUT2D eigenvalue weighted by molar-refractivity contribution is -0.383. The maximum absolute atomic E-state index is 11.9. The van der Waals surface area contributed by atoms with E-state index in [2.05, 4.69) is 30.8 Å². The second kappa shape index (κ2) is 12.1. The topological polar surface area (TPSA) is 136 Å². The van der Waals surface area contributed by atoms with Crippen molar-refractivity contribution in [3.8, 4) is 11.5 Å². The summed E-state index contributed by atoms with van der Waals surface area (Å²) >= 11 is 0. The molecule has 188 valence electrons. The molecule has 37 heavy (non-hydrogen) atoms. The van der Waals surface area contributed by atoms with Crippen molar-refractivity contribution < 1.29 is 14.4 Å². The highest BCUT2D eigenvalue weighted by atomic mass is 16.6. The fraction of sp³-hybridized carbons (Fsp3) is 0.154. The number of azo groups is 1. The molecule has 0 saturated heterocycles. The van der Waals surface area contributed by atoms with E-state index in [1.165, 1.54) is 6.33 Å². The van der Waals surface area contributed by atoms with E-state index in [1.807, 2.05) is 48.5 Å². The summed E-state index contributed by atoms with van der Waals surface area (Å²) in [6.07, 6.45) is 1.86. The minimum atomic E-state index is -0.510. The number of nitrogens with zero attached hydrogens (tertiary/aromatic N) is 5. The van der Waals surface area contributed by atoms with E-state index in [0.717, 1.165) is 11.3 Å². The molecule has 1 heterocycles. The summed E-state index contributed by atoms with van der Waals surface area (Å²) in [5.41, 5.74) is 2.72. The maximum Gasteiger partial charge on any atom is 0.353 e. The molecular weight excluding hydrogens is 474 g/mol. The molecule has 1 aromatic heterocycles. The Labute approximate surface area is 213 Å². The highest BCUT2D eigenvalue weighted by molar-refractivity contribution is 5.74. The van der Waals surface area contributed by atoms with E-state index >= 15 is 0 Å². The van der Waals surface area contributed by atoms with E-state index in [9.17, 15) is 10.1 Å². The lowest BCUT2D eigenvalue weighted by Crippen LogP contribution is -2.11. The minimum absolute atomic E-state index is 0.0762. The molecular formula is C26H25N7O4. The van der Waals surface area contributed by atoms with Crippen LogP contribution in [0.15, 0.2) is 89.4 Å². The normalized spacial score (nSPS) is 10.8. The average Bonchev–Trinajstić information content (AvgIpc) is 2.93. The number of benzene rings is 3. The monoisotopic (exact) mass is 499 g/mol. The summed E-state index contributed by atoms with van der Waals surface area (Å²) in [5.74, 6) is 1.45. The van der Waals surface area contributed by atoms with Crippen molar-refractivity contribution >= 4 is 34.4 Å². The van der Waals surface area contributed by atoms with Gasteiger partial charge in [0, 0.05) is 12.2 Å². The lowest BCUT2D eigenvalue weighted by Gasteiger charge is -2.11. The van der Waals surface area contributed by atoms with Gasteiger partial charge in [-0.25, -0.2) is 9.97 Å². The van der Waals surface area contributed by atoms with Gasteiger partial charge in [0.25, 0.3) is 0 Å². The van der Waals surface area contributed by atoms with Gasteiger partial charge < -0.3 is 20.1 Å². The first kappa shape index (κ1) is 25.0. The Morgan fingerprint density at radius 3 is 2.22 bits per heavy atom. The number of rotatable bonds is 11. The molecule has 0 unspecified atom stereocenters. The number of aromatic nitrogens is 2. The Morgan fingerprint density at radius 2 is 1.54 bits per heavy atom. The lowest BCUT2D eigenvalue weighted by atomic mass is 10.1. The second-order valence-electron chi connectivity index (χ2n) is 7.75. The van der Waals surface area contributed by atoms with Crippen LogP contribution in [-0.2, 0) is 6.42 Å². The fourth-order valence-electron chi connectivity index (χ4n) is 3.49. The molecule has 3 aromatic carbocycles. The predicted octanol–water partition coefficient (Wildman–Crippen LogP) is 6.22. The molecule has 0 atom stereocenters. The summed E-state index contributed by atoms with van der Waals surface area (Å²) in [4.78, 5) is 19.5. The molecule has 4 rings (SSSR count). The number of hydrogen-bond acceptors (Lipinski definition) is 10. The standard InChI is InChI=1S/C26H25N7O4/c1-36-22-13-8-18(16-23(22)37-2)14-15-27-25-24(33(34)35)26(29-17-28-25)30-19-9-11-21(12-10-19)32-31-20-6-4-3-5-7-20/h3-13,16-17H,14-15H2,1-2H3,(H2,27,28,29,30). The number of nitro groups is 1. The minimum Gasteiger partial charge on any atom is -0.493 e. The molecule has 0 spiro atoms. The second-order valence-corrected chi connectivity index (χ2v) is 7.75. The molecule has 0 saturated carbocycles. The summed E-state index contributed by atoms with van der Waals surface area (Å²) in [6.45, 7) is 0.411. The number of ether oxygens (including phenoxy) is 2. The van der Waals surface area contributed by atoms with Crippen molar-refractivity contribution in [2.75, 3.05) is 31.4 Å². The van der Waals surface area contributed by atoms with Crippen molar-refractivity contribution in [1.82, 2.24) is 9.97 Å². The van der Waals surface area contributed by atoms with Crippen LogP contribution < -0.4 is 20.1 Å². The van der Waals surface area contributed by atoms with Gasteiger partial charge in [-0.05, 0) is 60.5 Å². The molecule has 0 aliphatic carbocycles. The summed E-state index contributed by atoms with van der Waals surface area (Å²) < 4.78 is 10.6. The van der Waals surface area contributed by atoms with E-state index in [0.29, 0.717) is 35.8 Å². The van der Waals surface area contributed by atoms with Crippen LogP contribution in [0.5, 0.6) is 11.5 Å². The maximum atomic E-state index is 11.9. The summed E-state index contributed by atoms with van der Waals surface area (Å²) in [7, 11) is 3.14. The van der Waals surface area contributed by atoms with Crippen molar-refractivity contribution in [2.45, 2.75) is 6.42 Å². The zero-order valence-electron chi connectivity index (χ0n) is 20.3. The Bertz CT molecular complexity index is 1380. The molecule has 0 bridgehead atoms. The Morgan fingerprint density at radius 1 is 0.865 bits per heavy atom. The molecule has 0 amide bonds. The molecule has 0 aliphatic rings. The largest absolute Gasteiger partial charge is 0.493 e. The zero-order valence-corrected chi connectivity index (χ0v) is 20.3. The third-order valence-electron chi connectivity index (χ3n) is 5.33. The SMILES string of the molecule is COc1ccc(CCNc2ncnc(Nc3ccc(N=Nc4ccccc4)cc3)c2[N+](=O)[O-])cc1OC. The van der Waals surface area contributed by atoms with Gasteiger partial charge >= 0.3 is 5.69 Å². The van der Waals surface area contributed by atoms with Crippen molar-refractivity contribution in [2.24, 2.45) is 10.2 Å². The van der Waals surface area contributed by atoms with E-state index < -0.39 is 4.92 Å². The van der Waals surface area contributed by atoms with E-state index in [1.54, 1.807) is 38.5 Å². The molecule has 0 aliphatic heterocycles.